The van der Waals surface area contributed by atoms with Crippen molar-refractivity contribution < 1.29 is 9.59 Å². The minimum Gasteiger partial charge on any atom is -0.344 e. The Balaban J connectivity index is 2.87. The molecule has 22 heavy (non-hydrogen) atoms. The molecule has 2 amide bonds. The number of hydrogen-bond acceptors (Lipinski definition) is 2. The fourth-order valence-corrected chi connectivity index (χ4v) is 2.44. The van der Waals surface area contributed by atoms with Gasteiger partial charge < -0.3 is 10.2 Å². The quantitative estimate of drug-likeness (QED) is 0.878. The molecule has 0 saturated carbocycles. The lowest BCUT2D eigenvalue weighted by Crippen LogP contribution is -2.50. The number of benzene rings is 1. The Kier molecular flexibility index (Phi) is 6.60. The zero-order valence-corrected chi connectivity index (χ0v) is 14.5. The third kappa shape index (κ3) is 4.86. The second kappa shape index (κ2) is 7.97. The maximum Gasteiger partial charge on any atom is 0.252 e. The predicted octanol–water partition coefficient (Wildman–Crippen LogP) is 2.86. The molecule has 0 aliphatic heterocycles. The Morgan fingerprint density at radius 3 is 2.23 bits per heavy atom. The van der Waals surface area contributed by atoms with Gasteiger partial charge in [-0.25, -0.2) is 0 Å². The van der Waals surface area contributed by atoms with Crippen LogP contribution in [-0.2, 0) is 4.79 Å². The topological polar surface area (TPSA) is 49.4 Å². The minimum atomic E-state index is -0.504. The van der Waals surface area contributed by atoms with Crippen molar-refractivity contribution in [1.29, 1.82) is 0 Å². The monoisotopic (exact) mass is 304 g/mol. The molecule has 4 heteroatoms. The molecule has 0 aliphatic carbocycles. The first kappa shape index (κ1) is 18.2. The van der Waals surface area contributed by atoms with E-state index < -0.39 is 6.04 Å². The van der Waals surface area contributed by atoms with Crippen molar-refractivity contribution in [3.8, 4) is 0 Å². The summed E-state index contributed by atoms with van der Waals surface area (Å²) >= 11 is 0. The van der Waals surface area contributed by atoms with Crippen LogP contribution in [0.1, 0.15) is 43.6 Å². The smallest absolute Gasteiger partial charge is 0.252 e. The van der Waals surface area contributed by atoms with Gasteiger partial charge in [0, 0.05) is 19.2 Å². The van der Waals surface area contributed by atoms with E-state index in [9.17, 15) is 9.59 Å². The van der Waals surface area contributed by atoms with Gasteiger partial charge in [0.1, 0.15) is 6.04 Å². The summed E-state index contributed by atoms with van der Waals surface area (Å²) in [5, 5.41) is 2.90. The Morgan fingerprint density at radius 1 is 1.14 bits per heavy atom. The van der Waals surface area contributed by atoms with Gasteiger partial charge in [-0.15, -0.1) is 0 Å². The molecule has 1 N–H and O–H groups in total. The first-order valence-corrected chi connectivity index (χ1v) is 7.85. The number of rotatable bonds is 6. The summed E-state index contributed by atoms with van der Waals surface area (Å²) in [4.78, 5) is 26.7. The number of carbonyl (C=O) groups is 2. The van der Waals surface area contributed by atoms with Gasteiger partial charge in [-0.2, -0.15) is 0 Å². The lowest BCUT2D eigenvalue weighted by atomic mass is 10.0. The van der Waals surface area contributed by atoms with Crippen molar-refractivity contribution in [2.24, 2.45) is 11.8 Å². The van der Waals surface area contributed by atoms with Gasteiger partial charge in [-0.1, -0.05) is 45.9 Å². The molecule has 1 unspecified atom stereocenters. The Hall–Kier alpha value is -1.84. The minimum absolute atomic E-state index is 0.0364. The highest BCUT2D eigenvalue weighted by Crippen LogP contribution is 2.11. The van der Waals surface area contributed by atoms with E-state index in [1.54, 1.807) is 18.0 Å². The largest absolute Gasteiger partial charge is 0.344 e. The second-order valence-electron chi connectivity index (χ2n) is 6.62. The van der Waals surface area contributed by atoms with E-state index in [1.165, 1.54) is 0 Å². The van der Waals surface area contributed by atoms with Crippen LogP contribution in [0.5, 0.6) is 0 Å². The summed E-state index contributed by atoms with van der Waals surface area (Å²) in [6, 6.07) is 6.90. The molecule has 0 bridgehead atoms. The number of nitrogens with one attached hydrogen (secondary N) is 1. The first-order chi connectivity index (χ1) is 10.2. The van der Waals surface area contributed by atoms with Crippen molar-refractivity contribution in [3.05, 3.63) is 35.4 Å². The van der Waals surface area contributed by atoms with Crippen LogP contribution in [0, 0.1) is 18.8 Å². The lowest BCUT2D eigenvalue weighted by Gasteiger charge is -2.28. The lowest BCUT2D eigenvalue weighted by molar-refractivity contribution is -0.133. The molecule has 0 saturated heterocycles. The molecule has 0 radical (unpaired) electrons. The van der Waals surface area contributed by atoms with Crippen LogP contribution in [0.3, 0.4) is 0 Å². The maximum atomic E-state index is 12.6. The van der Waals surface area contributed by atoms with Crippen LogP contribution in [0.2, 0.25) is 0 Å². The number of likely N-dealkylation sites (N-methyl/N-ethyl adjacent to an activating group) is 1. The number of aryl methyl sites for hydroxylation is 1. The van der Waals surface area contributed by atoms with Gasteiger partial charge in [0.2, 0.25) is 5.91 Å². The maximum absolute atomic E-state index is 12.6. The normalized spacial score (nSPS) is 12.4. The molecule has 122 valence electrons. The van der Waals surface area contributed by atoms with Crippen molar-refractivity contribution >= 4 is 11.8 Å². The summed E-state index contributed by atoms with van der Waals surface area (Å²) in [5.74, 6) is 0.206. The molecular formula is C18H28N2O2. The first-order valence-electron chi connectivity index (χ1n) is 7.85. The molecule has 4 nitrogen and oxygen atoms in total. The second-order valence-corrected chi connectivity index (χ2v) is 6.62. The molecule has 1 atom stereocenters. The molecule has 1 rings (SSSR count). The van der Waals surface area contributed by atoms with Gasteiger partial charge in [0.25, 0.3) is 5.91 Å². The van der Waals surface area contributed by atoms with Gasteiger partial charge in [0.15, 0.2) is 0 Å². The Labute approximate surface area is 133 Å². The van der Waals surface area contributed by atoms with Crippen LogP contribution < -0.4 is 5.32 Å². The zero-order valence-electron chi connectivity index (χ0n) is 14.5. The van der Waals surface area contributed by atoms with Crippen LogP contribution in [-0.4, -0.2) is 36.3 Å². The van der Waals surface area contributed by atoms with E-state index in [0.29, 0.717) is 18.0 Å². The molecule has 0 spiro atoms. The third-order valence-corrected chi connectivity index (χ3v) is 3.62. The fourth-order valence-electron chi connectivity index (χ4n) is 2.44. The van der Waals surface area contributed by atoms with E-state index in [0.717, 1.165) is 5.56 Å². The highest BCUT2D eigenvalue weighted by Gasteiger charge is 2.27. The molecule has 1 aromatic rings. The van der Waals surface area contributed by atoms with Crippen LogP contribution in [0.4, 0.5) is 0 Å². The summed E-state index contributed by atoms with van der Waals surface area (Å²) in [6.07, 6.45) is 0. The summed E-state index contributed by atoms with van der Waals surface area (Å²) in [7, 11) is 1.79. The van der Waals surface area contributed by atoms with E-state index >= 15 is 0 Å². The van der Waals surface area contributed by atoms with Crippen LogP contribution >= 0.6 is 0 Å². The average Bonchev–Trinajstić information content (AvgIpc) is 2.43. The molecule has 0 heterocycles. The van der Waals surface area contributed by atoms with Crippen molar-refractivity contribution in [1.82, 2.24) is 10.2 Å². The zero-order chi connectivity index (χ0) is 16.9. The average molecular weight is 304 g/mol. The SMILES string of the molecule is Cc1ccccc1C(=O)NC(C(=O)N(C)CC(C)C)C(C)C. The summed E-state index contributed by atoms with van der Waals surface area (Å²) in [5.41, 5.74) is 1.53. The van der Waals surface area contributed by atoms with Gasteiger partial charge in [-0.05, 0) is 30.4 Å². The summed E-state index contributed by atoms with van der Waals surface area (Å²) < 4.78 is 0. The fraction of sp³-hybridized carbons (Fsp3) is 0.556. The molecule has 0 aliphatic rings. The third-order valence-electron chi connectivity index (χ3n) is 3.62. The standard InChI is InChI=1S/C18H28N2O2/c1-12(2)11-20(6)18(22)16(13(3)4)19-17(21)15-10-8-7-9-14(15)5/h7-10,12-13,16H,11H2,1-6H3,(H,19,21). The highest BCUT2D eigenvalue weighted by molar-refractivity contribution is 5.98. The summed E-state index contributed by atoms with van der Waals surface area (Å²) in [6.45, 7) is 10.6. The van der Waals surface area contributed by atoms with Gasteiger partial charge in [-0.3, -0.25) is 9.59 Å². The van der Waals surface area contributed by atoms with Gasteiger partial charge >= 0.3 is 0 Å². The van der Waals surface area contributed by atoms with Crippen molar-refractivity contribution in [2.45, 2.75) is 40.7 Å². The molecule has 0 fully saturated rings. The van der Waals surface area contributed by atoms with E-state index in [4.69, 9.17) is 0 Å². The predicted molar refractivity (Wildman–Crippen MR) is 89.7 cm³/mol. The van der Waals surface area contributed by atoms with Crippen LogP contribution in [0.25, 0.3) is 0 Å². The number of carbonyl (C=O) groups excluding carboxylic acids is 2. The van der Waals surface area contributed by atoms with Crippen LogP contribution in [0.15, 0.2) is 24.3 Å². The number of hydrogen-bond donors (Lipinski definition) is 1. The Morgan fingerprint density at radius 2 is 1.73 bits per heavy atom. The van der Waals surface area contributed by atoms with E-state index in [-0.39, 0.29) is 17.7 Å². The van der Waals surface area contributed by atoms with Crippen molar-refractivity contribution in [3.63, 3.8) is 0 Å². The van der Waals surface area contributed by atoms with Crippen molar-refractivity contribution in [2.75, 3.05) is 13.6 Å². The Bertz CT molecular complexity index is 524. The molecular weight excluding hydrogens is 276 g/mol. The van der Waals surface area contributed by atoms with Gasteiger partial charge in [0.05, 0.1) is 0 Å². The molecule has 0 aromatic heterocycles. The van der Waals surface area contributed by atoms with E-state index in [1.807, 2.05) is 39.0 Å². The van der Waals surface area contributed by atoms with E-state index in [2.05, 4.69) is 19.2 Å². The number of amides is 2. The number of nitrogens with zero attached hydrogens (tertiary/aromatic N) is 1. The highest BCUT2D eigenvalue weighted by atomic mass is 16.2. The molecule has 1 aromatic carbocycles.